The van der Waals surface area contributed by atoms with E-state index >= 15 is 0 Å². The average Bonchev–Trinajstić information content (AvgIpc) is 2.66. The van der Waals surface area contributed by atoms with Crippen LogP contribution in [0, 0.1) is 0 Å². The van der Waals surface area contributed by atoms with E-state index in [1.165, 1.54) is 9.18 Å². The Kier molecular flexibility index (Phi) is 5.05. The lowest BCUT2D eigenvalue weighted by molar-refractivity contribution is 0.475. The van der Waals surface area contributed by atoms with E-state index in [1.54, 1.807) is 18.4 Å². The van der Waals surface area contributed by atoms with Gasteiger partial charge in [-0.05, 0) is 17.9 Å². The molecule has 1 aromatic rings. The van der Waals surface area contributed by atoms with Gasteiger partial charge in [0.15, 0.2) is 0 Å². The normalized spacial score (nSPS) is 12.2. The zero-order valence-corrected chi connectivity index (χ0v) is 10.9. The number of hydrogen-bond acceptors (Lipinski definition) is 3. The molecule has 0 saturated heterocycles. The van der Waals surface area contributed by atoms with Gasteiger partial charge in [0.25, 0.3) is 0 Å². The highest BCUT2D eigenvalue weighted by molar-refractivity contribution is 7.89. The van der Waals surface area contributed by atoms with Gasteiger partial charge in [0.05, 0.1) is 5.75 Å². The fourth-order valence-electron chi connectivity index (χ4n) is 1.11. The third-order valence-electron chi connectivity index (χ3n) is 2.06. The number of hydrogen-bond donors (Lipinski definition) is 0. The average molecular weight is 268 g/mol. The molecule has 0 unspecified atom stereocenters. The first-order valence-corrected chi connectivity index (χ1v) is 7.61. The Labute approximate surface area is 99.7 Å². The molecule has 1 heterocycles. The van der Waals surface area contributed by atoms with Crippen molar-refractivity contribution in [3.05, 3.63) is 22.4 Å². The highest BCUT2D eigenvalue weighted by Gasteiger charge is 2.16. The van der Waals surface area contributed by atoms with Crippen LogP contribution >= 0.6 is 22.9 Å². The molecule has 0 radical (unpaired) electrons. The van der Waals surface area contributed by atoms with Gasteiger partial charge in [-0.3, -0.25) is 0 Å². The third-order valence-corrected chi connectivity index (χ3v) is 5.26. The Hall–Kier alpha value is -0.100. The maximum absolute atomic E-state index is 11.5. The lowest BCUT2D eigenvalue weighted by atomic mass is 10.3. The molecule has 0 atom stereocenters. The molecule has 1 aromatic heterocycles. The highest BCUT2D eigenvalue weighted by Crippen LogP contribution is 2.10. The summed E-state index contributed by atoms with van der Waals surface area (Å²) in [7, 11) is -1.56. The predicted molar refractivity (Wildman–Crippen MR) is 65.2 cm³/mol. The number of rotatable bonds is 6. The van der Waals surface area contributed by atoms with Gasteiger partial charge in [-0.2, -0.15) is 0 Å². The third kappa shape index (κ3) is 4.10. The molecule has 0 aliphatic heterocycles. The molecule has 0 bridgehead atoms. The molecule has 15 heavy (non-hydrogen) atoms. The van der Waals surface area contributed by atoms with E-state index < -0.39 is 10.0 Å². The van der Waals surface area contributed by atoms with Crippen LogP contribution in [0.25, 0.3) is 0 Å². The molecule has 86 valence electrons. The van der Waals surface area contributed by atoms with Crippen molar-refractivity contribution in [1.82, 2.24) is 4.31 Å². The smallest absolute Gasteiger partial charge is 0.212 e. The van der Waals surface area contributed by atoms with Crippen LogP contribution in [0.3, 0.4) is 0 Å². The molecule has 0 aliphatic carbocycles. The molecule has 0 amide bonds. The quantitative estimate of drug-likeness (QED) is 0.737. The number of thiophene rings is 1. The summed E-state index contributed by atoms with van der Waals surface area (Å²) in [6.07, 6.45) is 0.760. The van der Waals surface area contributed by atoms with E-state index in [9.17, 15) is 8.42 Å². The summed E-state index contributed by atoms with van der Waals surface area (Å²) in [5.74, 6) is 0.154. The van der Waals surface area contributed by atoms with E-state index in [4.69, 9.17) is 11.6 Å². The molecule has 0 aromatic carbocycles. The Balaban J connectivity index is 2.45. The minimum absolute atomic E-state index is 0.00942. The summed E-state index contributed by atoms with van der Waals surface area (Å²) >= 11 is 7.07. The van der Waals surface area contributed by atoms with E-state index in [0.717, 1.165) is 6.42 Å². The summed E-state index contributed by atoms with van der Waals surface area (Å²) in [4.78, 5) is 1.20. The first-order valence-electron chi connectivity index (χ1n) is 4.58. The second-order valence-corrected chi connectivity index (χ2v) is 6.76. The maximum Gasteiger partial charge on any atom is 0.215 e. The van der Waals surface area contributed by atoms with Crippen molar-refractivity contribution in [1.29, 1.82) is 0 Å². The van der Waals surface area contributed by atoms with E-state index in [2.05, 4.69) is 0 Å². The van der Waals surface area contributed by atoms with Gasteiger partial charge in [0.2, 0.25) is 10.0 Å². The molecule has 6 heteroatoms. The van der Waals surface area contributed by atoms with E-state index in [1.807, 2.05) is 17.5 Å². The monoisotopic (exact) mass is 267 g/mol. The van der Waals surface area contributed by atoms with Crippen LogP contribution in [0.5, 0.6) is 0 Å². The fraction of sp³-hybridized carbons (Fsp3) is 0.556. The number of halogens is 1. The number of likely N-dealkylation sites (N-methyl/N-ethyl adjacent to an activating group) is 1. The first kappa shape index (κ1) is 13.0. The van der Waals surface area contributed by atoms with Gasteiger partial charge in [-0.1, -0.05) is 6.07 Å². The Morgan fingerprint density at radius 3 is 2.80 bits per heavy atom. The summed E-state index contributed by atoms with van der Waals surface area (Å²) in [6, 6.07) is 3.97. The number of sulfonamides is 1. The summed E-state index contributed by atoms with van der Waals surface area (Å²) in [5.41, 5.74) is 0. The van der Waals surface area contributed by atoms with Gasteiger partial charge >= 0.3 is 0 Å². The Morgan fingerprint density at radius 2 is 2.27 bits per heavy atom. The number of nitrogens with zero attached hydrogens (tertiary/aromatic N) is 1. The molecule has 1 rings (SSSR count). The lowest BCUT2D eigenvalue weighted by Gasteiger charge is -2.15. The zero-order chi connectivity index (χ0) is 11.3. The molecule has 3 nitrogen and oxygen atoms in total. The van der Waals surface area contributed by atoms with Crippen LogP contribution in [-0.4, -0.2) is 37.9 Å². The van der Waals surface area contributed by atoms with Crippen LogP contribution in [-0.2, 0) is 16.4 Å². The summed E-state index contributed by atoms with van der Waals surface area (Å²) < 4.78 is 24.4. The van der Waals surface area contributed by atoms with Crippen LogP contribution in [0.1, 0.15) is 4.88 Å². The Morgan fingerprint density at radius 1 is 1.53 bits per heavy atom. The summed E-state index contributed by atoms with van der Waals surface area (Å²) in [6.45, 7) is 0.514. The van der Waals surface area contributed by atoms with Gasteiger partial charge in [-0.15, -0.1) is 22.9 Å². The van der Waals surface area contributed by atoms with Crippen molar-refractivity contribution in [2.45, 2.75) is 6.42 Å². The molecular formula is C9H14ClNO2S2. The van der Waals surface area contributed by atoms with Crippen molar-refractivity contribution in [3.63, 3.8) is 0 Å². The molecular weight excluding hydrogens is 254 g/mol. The predicted octanol–water partition coefficient (Wildman–Crippen LogP) is 1.79. The minimum Gasteiger partial charge on any atom is -0.212 e. The van der Waals surface area contributed by atoms with Crippen molar-refractivity contribution in [2.24, 2.45) is 0 Å². The van der Waals surface area contributed by atoms with Gasteiger partial charge < -0.3 is 0 Å². The van der Waals surface area contributed by atoms with Crippen molar-refractivity contribution in [3.8, 4) is 0 Å². The zero-order valence-electron chi connectivity index (χ0n) is 8.52. The topological polar surface area (TPSA) is 37.4 Å². The SMILES string of the molecule is CN(CCc1cccs1)S(=O)(=O)CCCl. The molecule has 0 saturated carbocycles. The minimum atomic E-state index is -3.16. The van der Waals surface area contributed by atoms with E-state index in [0.29, 0.717) is 6.54 Å². The van der Waals surface area contributed by atoms with Crippen molar-refractivity contribution < 1.29 is 8.42 Å². The standard InChI is InChI=1S/C9H14ClNO2S2/c1-11(15(12,13)8-5-10)6-4-9-3-2-7-14-9/h2-3,7H,4-6,8H2,1H3. The van der Waals surface area contributed by atoms with Gasteiger partial charge in [0, 0.05) is 24.3 Å². The van der Waals surface area contributed by atoms with Crippen LogP contribution in [0.4, 0.5) is 0 Å². The lowest BCUT2D eigenvalue weighted by Crippen LogP contribution is -2.31. The van der Waals surface area contributed by atoms with E-state index in [-0.39, 0.29) is 11.6 Å². The Bertz CT molecular complexity index is 375. The van der Waals surface area contributed by atoms with Crippen molar-refractivity contribution in [2.75, 3.05) is 25.2 Å². The second kappa shape index (κ2) is 5.84. The number of alkyl halides is 1. The second-order valence-electron chi connectivity index (χ2n) is 3.16. The first-order chi connectivity index (χ1) is 7.06. The fourth-order valence-corrected chi connectivity index (χ4v) is 3.27. The maximum atomic E-state index is 11.5. The largest absolute Gasteiger partial charge is 0.215 e. The molecule has 0 spiro atoms. The van der Waals surface area contributed by atoms with Crippen LogP contribution < -0.4 is 0 Å². The van der Waals surface area contributed by atoms with Crippen LogP contribution in [0.15, 0.2) is 17.5 Å². The van der Waals surface area contributed by atoms with Gasteiger partial charge in [-0.25, -0.2) is 12.7 Å². The van der Waals surface area contributed by atoms with Crippen LogP contribution in [0.2, 0.25) is 0 Å². The molecule has 0 N–H and O–H groups in total. The highest BCUT2D eigenvalue weighted by atomic mass is 35.5. The molecule has 0 fully saturated rings. The summed E-state index contributed by atoms with van der Waals surface area (Å²) in [5, 5.41) is 1.99. The van der Waals surface area contributed by atoms with Gasteiger partial charge in [0.1, 0.15) is 0 Å². The molecule has 0 aliphatic rings. The van der Waals surface area contributed by atoms with Crippen molar-refractivity contribution >= 4 is 33.0 Å².